The molecule has 0 spiro atoms. The van der Waals surface area contributed by atoms with E-state index in [1.807, 2.05) is 12.4 Å². The minimum Gasteiger partial charge on any atom is -0.336 e. The second-order valence-electron chi connectivity index (χ2n) is 5.85. The molecular formula is C16H24N4S. The molecule has 114 valence electrons. The van der Waals surface area contributed by atoms with E-state index in [0.717, 1.165) is 12.4 Å². The van der Waals surface area contributed by atoms with Crippen LogP contribution in [0.1, 0.15) is 36.5 Å². The fraction of sp³-hybridized carbons (Fsp3) is 0.562. The zero-order chi connectivity index (χ0) is 14.7. The third-order valence-corrected chi connectivity index (χ3v) is 5.26. The first kappa shape index (κ1) is 14.8. The van der Waals surface area contributed by atoms with Crippen molar-refractivity contribution in [1.82, 2.24) is 19.8 Å². The van der Waals surface area contributed by atoms with Crippen LogP contribution in [-0.2, 0) is 7.05 Å². The number of rotatable bonds is 6. The van der Waals surface area contributed by atoms with E-state index in [0.29, 0.717) is 6.04 Å². The van der Waals surface area contributed by atoms with Crippen LogP contribution in [-0.4, -0.2) is 40.1 Å². The smallest absolute Gasteiger partial charge is 0.131 e. The van der Waals surface area contributed by atoms with E-state index in [9.17, 15) is 0 Å². The number of nitrogens with zero attached hydrogens (tertiary/aromatic N) is 3. The molecule has 1 fully saturated rings. The van der Waals surface area contributed by atoms with Crippen LogP contribution in [0, 0.1) is 0 Å². The van der Waals surface area contributed by atoms with Gasteiger partial charge in [-0.3, -0.25) is 4.90 Å². The molecule has 0 amide bonds. The number of hydrogen-bond acceptors (Lipinski definition) is 4. The highest BCUT2D eigenvalue weighted by atomic mass is 32.1. The molecule has 1 aliphatic rings. The van der Waals surface area contributed by atoms with Crippen molar-refractivity contribution in [2.24, 2.45) is 7.05 Å². The zero-order valence-corrected chi connectivity index (χ0v) is 13.6. The largest absolute Gasteiger partial charge is 0.336 e. The van der Waals surface area contributed by atoms with Gasteiger partial charge in [-0.1, -0.05) is 6.07 Å². The first-order valence-electron chi connectivity index (χ1n) is 7.74. The van der Waals surface area contributed by atoms with Crippen molar-refractivity contribution in [3.63, 3.8) is 0 Å². The number of likely N-dealkylation sites (tertiary alicyclic amines) is 1. The summed E-state index contributed by atoms with van der Waals surface area (Å²) in [7, 11) is 2.06. The Morgan fingerprint density at radius 3 is 2.81 bits per heavy atom. The molecule has 2 aromatic heterocycles. The molecule has 0 aromatic carbocycles. The number of imidazole rings is 1. The van der Waals surface area contributed by atoms with Crippen molar-refractivity contribution >= 4 is 11.3 Å². The van der Waals surface area contributed by atoms with Gasteiger partial charge in [0.05, 0.1) is 0 Å². The van der Waals surface area contributed by atoms with Gasteiger partial charge in [0.25, 0.3) is 0 Å². The lowest BCUT2D eigenvalue weighted by Gasteiger charge is -2.26. The zero-order valence-electron chi connectivity index (χ0n) is 12.8. The molecule has 2 atom stereocenters. The van der Waals surface area contributed by atoms with Crippen molar-refractivity contribution in [3.05, 3.63) is 40.6 Å². The van der Waals surface area contributed by atoms with Crippen LogP contribution >= 0.6 is 11.3 Å². The Bertz CT molecular complexity index is 542. The lowest BCUT2D eigenvalue weighted by molar-refractivity contribution is 0.248. The summed E-state index contributed by atoms with van der Waals surface area (Å²) >= 11 is 1.79. The minimum absolute atomic E-state index is 0.190. The molecule has 3 heterocycles. The van der Waals surface area contributed by atoms with Crippen LogP contribution in [0.25, 0.3) is 0 Å². The van der Waals surface area contributed by atoms with Crippen LogP contribution < -0.4 is 5.32 Å². The van der Waals surface area contributed by atoms with Gasteiger partial charge in [-0.2, -0.15) is 0 Å². The molecule has 0 bridgehead atoms. The van der Waals surface area contributed by atoms with Gasteiger partial charge in [-0.25, -0.2) is 4.98 Å². The molecular weight excluding hydrogens is 280 g/mol. The van der Waals surface area contributed by atoms with Crippen LogP contribution in [0.2, 0.25) is 0 Å². The second kappa shape index (κ2) is 6.73. The summed E-state index contributed by atoms with van der Waals surface area (Å²) in [5.41, 5.74) is 0. The van der Waals surface area contributed by atoms with Gasteiger partial charge in [-0.05, 0) is 44.3 Å². The molecule has 0 aliphatic carbocycles. The van der Waals surface area contributed by atoms with Crippen molar-refractivity contribution in [2.45, 2.75) is 31.8 Å². The van der Waals surface area contributed by atoms with Crippen molar-refractivity contribution in [2.75, 3.05) is 19.6 Å². The molecule has 0 radical (unpaired) electrons. The van der Waals surface area contributed by atoms with E-state index in [2.05, 4.69) is 51.3 Å². The van der Waals surface area contributed by atoms with Crippen molar-refractivity contribution < 1.29 is 0 Å². The summed E-state index contributed by atoms with van der Waals surface area (Å²) in [6, 6.07) is 5.07. The lowest BCUT2D eigenvalue weighted by atomic mass is 10.2. The molecule has 5 heteroatoms. The number of aryl methyl sites for hydroxylation is 1. The standard InChI is InChI=1S/C16H24N4S/c1-13(20-8-3-4-9-20)12-18-15(14-6-5-11-21-14)16-17-7-10-19(16)2/h5-7,10-11,13,15,18H,3-4,8-9,12H2,1-2H3. The summed E-state index contributed by atoms with van der Waals surface area (Å²) in [6.45, 7) is 5.81. The molecule has 2 aromatic rings. The predicted molar refractivity (Wildman–Crippen MR) is 87.6 cm³/mol. The van der Waals surface area contributed by atoms with E-state index in [1.54, 1.807) is 11.3 Å². The van der Waals surface area contributed by atoms with Gasteiger partial charge in [-0.15, -0.1) is 11.3 Å². The van der Waals surface area contributed by atoms with Crippen LogP contribution in [0.3, 0.4) is 0 Å². The minimum atomic E-state index is 0.190. The Kier molecular flexibility index (Phi) is 4.73. The number of hydrogen-bond donors (Lipinski definition) is 1. The van der Waals surface area contributed by atoms with Crippen LogP contribution in [0.5, 0.6) is 0 Å². The molecule has 4 nitrogen and oxygen atoms in total. The fourth-order valence-electron chi connectivity index (χ4n) is 3.03. The maximum absolute atomic E-state index is 4.54. The third kappa shape index (κ3) is 3.36. The van der Waals surface area contributed by atoms with Gasteiger partial charge < -0.3 is 9.88 Å². The van der Waals surface area contributed by atoms with Gasteiger partial charge >= 0.3 is 0 Å². The Labute approximate surface area is 130 Å². The highest BCUT2D eigenvalue weighted by Gasteiger charge is 2.22. The highest BCUT2D eigenvalue weighted by molar-refractivity contribution is 7.10. The molecule has 2 unspecified atom stereocenters. The maximum Gasteiger partial charge on any atom is 0.131 e. The topological polar surface area (TPSA) is 33.1 Å². The summed E-state index contributed by atoms with van der Waals surface area (Å²) < 4.78 is 2.11. The molecule has 3 rings (SSSR count). The molecule has 1 aliphatic heterocycles. The summed E-state index contributed by atoms with van der Waals surface area (Å²) in [5, 5.41) is 5.86. The first-order chi connectivity index (χ1) is 10.3. The molecule has 1 N–H and O–H groups in total. The van der Waals surface area contributed by atoms with Crippen LogP contribution in [0.15, 0.2) is 29.9 Å². The van der Waals surface area contributed by atoms with E-state index in [4.69, 9.17) is 0 Å². The van der Waals surface area contributed by atoms with Gasteiger partial charge in [0.1, 0.15) is 11.9 Å². The van der Waals surface area contributed by atoms with Crippen molar-refractivity contribution in [3.8, 4) is 0 Å². The first-order valence-corrected chi connectivity index (χ1v) is 8.61. The van der Waals surface area contributed by atoms with E-state index in [1.165, 1.54) is 30.8 Å². The third-order valence-electron chi connectivity index (χ3n) is 4.33. The van der Waals surface area contributed by atoms with Gasteiger partial charge in [0.15, 0.2) is 0 Å². The highest BCUT2D eigenvalue weighted by Crippen LogP contribution is 2.25. The number of nitrogens with one attached hydrogen (secondary N) is 1. The fourth-order valence-corrected chi connectivity index (χ4v) is 3.83. The average molecular weight is 304 g/mol. The summed E-state index contributed by atoms with van der Waals surface area (Å²) in [6.07, 6.45) is 6.58. The van der Waals surface area contributed by atoms with Gasteiger partial charge in [0, 0.05) is 36.9 Å². The van der Waals surface area contributed by atoms with Gasteiger partial charge in [0.2, 0.25) is 0 Å². The average Bonchev–Trinajstić information content (AvgIpc) is 3.21. The predicted octanol–water partition coefficient (Wildman–Crippen LogP) is 2.64. The van der Waals surface area contributed by atoms with E-state index in [-0.39, 0.29) is 6.04 Å². The normalized spacial score (nSPS) is 19.0. The second-order valence-corrected chi connectivity index (χ2v) is 6.82. The maximum atomic E-state index is 4.54. The Morgan fingerprint density at radius 1 is 1.38 bits per heavy atom. The Hall–Kier alpha value is -1.17. The monoisotopic (exact) mass is 304 g/mol. The summed E-state index contributed by atoms with van der Waals surface area (Å²) in [4.78, 5) is 8.45. The SMILES string of the molecule is CC(CNC(c1cccs1)c1nccn1C)N1CCCC1. The molecule has 21 heavy (non-hydrogen) atoms. The van der Waals surface area contributed by atoms with E-state index < -0.39 is 0 Å². The number of aromatic nitrogens is 2. The van der Waals surface area contributed by atoms with Crippen molar-refractivity contribution in [1.29, 1.82) is 0 Å². The lowest BCUT2D eigenvalue weighted by Crippen LogP contribution is -2.40. The Morgan fingerprint density at radius 2 is 2.19 bits per heavy atom. The van der Waals surface area contributed by atoms with E-state index >= 15 is 0 Å². The molecule has 1 saturated heterocycles. The van der Waals surface area contributed by atoms with Crippen LogP contribution in [0.4, 0.5) is 0 Å². The number of thiophene rings is 1. The summed E-state index contributed by atoms with van der Waals surface area (Å²) in [5.74, 6) is 1.09. The quantitative estimate of drug-likeness (QED) is 0.890. The Balaban J connectivity index is 1.70. The molecule has 0 saturated carbocycles.